The van der Waals surface area contributed by atoms with Crippen LogP contribution in [0.3, 0.4) is 0 Å². The predicted octanol–water partition coefficient (Wildman–Crippen LogP) is -2.85. The minimum Gasteiger partial charge on any atom is -0.790 e. The Hall–Kier alpha value is 0.499. The molecule has 0 unspecified atom stereocenters. The quantitative estimate of drug-likeness (QED) is 0.238. The van der Waals surface area contributed by atoms with Gasteiger partial charge in [0, 0.05) is 0 Å². The van der Waals surface area contributed by atoms with Gasteiger partial charge in [0.25, 0.3) is 0 Å². The van der Waals surface area contributed by atoms with Gasteiger partial charge in [-0.05, 0) is 0 Å². The summed E-state index contributed by atoms with van der Waals surface area (Å²) >= 11 is 0. The van der Waals surface area contributed by atoms with Gasteiger partial charge in [0.1, 0.15) is 0 Å². The van der Waals surface area contributed by atoms with E-state index in [-0.39, 0.29) is 17.1 Å². The summed E-state index contributed by atoms with van der Waals surface area (Å²) in [7, 11) is -9.81. The first kappa shape index (κ1) is 17.5. The predicted molar refractivity (Wildman–Crippen MR) is 24.0 cm³/mol. The van der Waals surface area contributed by atoms with E-state index in [2.05, 4.69) is 0 Å². The van der Waals surface area contributed by atoms with Crippen LogP contribution in [-0.2, 0) is 32.0 Å². The molecular weight excluding hydrogens is 255 g/mol. The molecule has 3 N–H and O–H groups in total. The van der Waals surface area contributed by atoms with E-state index in [9.17, 15) is 0 Å². The van der Waals surface area contributed by atoms with Crippen LogP contribution in [0.1, 0.15) is 0 Å². The molecule has 0 rings (SSSR count). The first-order valence-electron chi connectivity index (χ1n) is 1.45. The van der Waals surface area contributed by atoms with Gasteiger partial charge in [-0.25, -0.2) is 0 Å². The van der Waals surface area contributed by atoms with Gasteiger partial charge in [-0.1, -0.05) is 0 Å². The summed E-state index contributed by atoms with van der Waals surface area (Å²) in [5.74, 6) is 0. The Balaban J connectivity index is -0.000000107. The van der Waals surface area contributed by atoms with Crippen molar-refractivity contribution in [3.8, 4) is 0 Å². The van der Waals surface area contributed by atoms with Crippen LogP contribution in [0.4, 0.5) is 0 Å². The number of hydrogen-bond acceptors (Lipinski definition) is 5. The average molecular weight is 258 g/mol. The zero-order valence-corrected chi connectivity index (χ0v) is 7.19. The fourth-order valence-electron chi connectivity index (χ4n) is 0. The van der Waals surface area contributed by atoms with Crippen LogP contribution in [0.15, 0.2) is 0 Å². The largest absolute Gasteiger partial charge is 2.00 e. The first-order chi connectivity index (χ1) is 4.00. The molecule has 0 aromatic heterocycles. The molecular formula is H3CuO8PS. The minimum absolute atomic E-state index is 0. The van der Waals surface area contributed by atoms with Crippen LogP contribution in [0.5, 0.6) is 0 Å². The van der Waals surface area contributed by atoms with Gasteiger partial charge < -0.3 is 19.2 Å². The van der Waals surface area contributed by atoms with Gasteiger partial charge in [-0.15, -0.1) is 0 Å². The second kappa shape index (κ2) is 6.06. The van der Waals surface area contributed by atoms with E-state index >= 15 is 0 Å². The third kappa shape index (κ3) is 3040. The van der Waals surface area contributed by atoms with Crippen molar-refractivity contribution >= 4 is 18.2 Å². The van der Waals surface area contributed by atoms with Crippen molar-refractivity contribution in [2.24, 2.45) is 0 Å². The molecule has 11 heteroatoms. The van der Waals surface area contributed by atoms with Crippen LogP contribution in [-0.4, -0.2) is 22.4 Å². The van der Waals surface area contributed by atoms with Crippen molar-refractivity contribution in [3.05, 3.63) is 0 Å². The first-order valence-corrected chi connectivity index (χ1v) is 4.34. The molecule has 0 aliphatic heterocycles. The topological polar surface area (TPSA) is 158 Å². The van der Waals surface area contributed by atoms with Gasteiger partial charge in [0.05, 0.1) is 7.82 Å². The molecule has 8 nitrogen and oxygen atoms in total. The van der Waals surface area contributed by atoms with E-state index in [0.717, 1.165) is 0 Å². The maximum absolute atomic E-state index is 8.74. The van der Waals surface area contributed by atoms with Gasteiger partial charge >= 0.3 is 27.5 Å². The summed E-state index contributed by atoms with van der Waals surface area (Å²) in [4.78, 5) is 24.3. The van der Waals surface area contributed by atoms with Crippen LogP contribution in [0.25, 0.3) is 0 Å². The Morgan fingerprint density at radius 2 is 1.18 bits per heavy atom. The molecule has 0 saturated heterocycles. The van der Waals surface area contributed by atoms with Crippen LogP contribution in [0.2, 0.25) is 0 Å². The fourth-order valence-corrected chi connectivity index (χ4v) is 0. The fraction of sp³-hybridized carbons (Fsp3) is 0. The number of phosphoric acid groups is 1. The Bertz CT molecular complexity index is 192. The molecule has 0 aliphatic rings. The van der Waals surface area contributed by atoms with Crippen molar-refractivity contribution in [2.45, 2.75) is 0 Å². The Morgan fingerprint density at radius 1 is 1.18 bits per heavy atom. The third-order valence-electron chi connectivity index (χ3n) is 0. The Morgan fingerprint density at radius 3 is 1.18 bits per heavy atom. The smallest absolute Gasteiger partial charge is 0.790 e. The molecule has 0 heterocycles. The molecule has 0 aliphatic carbocycles. The number of rotatable bonds is 0. The van der Waals surface area contributed by atoms with Gasteiger partial charge in [-0.3, -0.25) is 9.11 Å². The zero-order valence-electron chi connectivity index (χ0n) is 4.54. The maximum Gasteiger partial charge on any atom is 2.00 e. The van der Waals surface area contributed by atoms with Crippen molar-refractivity contribution < 1.29 is 53.8 Å². The Kier molecular flexibility index (Phi) is 9.67. The van der Waals surface area contributed by atoms with Crippen LogP contribution < -0.4 is 9.79 Å². The van der Waals surface area contributed by atoms with E-state index in [4.69, 9.17) is 36.8 Å². The van der Waals surface area contributed by atoms with Gasteiger partial charge in [0.15, 0.2) is 0 Å². The van der Waals surface area contributed by atoms with Crippen molar-refractivity contribution in [3.63, 3.8) is 0 Å². The van der Waals surface area contributed by atoms with E-state index in [0.29, 0.717) is 0 Å². The van der Waals surface area contributed by atoms with E-state index in [1.165, 1.54) is 0 Å². The van der Waals surface area contributed by atoms with Crippen molar-refractivity contribution in [1.29, 1.82) is 0 Å². The molecule has 1 radical (unpaired) electrons. The molecule has 0 aromatic carbocycles. The molecule has 0 spiro atoms. The van der Waals surface area contributed by atoms with Crippen LogP contribution in [0, 0.1) is 0 Å². The molecule has 73 valence electrons. The molecule has 0 atom stereocenters. The van der Waals surface area contributed by atoms with Crippen molar-refractivity contribution in [2.75, 3.05) is 0 Å². The third-order valence-corrected chi connectivity index (χ3v) is 0. The monoisotopic (exact) mass is 257 g/mol. The second-order valence-corrected chi connectivity index (χ2v) is 2.75. The summed E-state index contributed by atoms with van der Waals surface area (Å²) < 4.78 is 40.2. The summed E-state index contributed by atoms with van der Waals surface area (Å²) in [5, 5.41) is 0. The van der Waals surface area contributed by atoms with E-state index < -0.39 is 18.2 Å². The molecule has 0 bridgehead atoms. The molecule has 0 saturated carbocycles. The van der Waals surface area contributed by atoms with Gasteiger partial charge in [-0.2, -0.15) is 8.42 Å². The average Bonchev–Trinajstić information content (AvgIpc) is 1.12. The Labute approximate surface area is 72.5 Å². The van der Waals surface area contributed by atoms with E-state index in [1.54, 1.807) is 0 Å². The minimum atomic E-state index is -5.14. The number of hydrogen-bond donors (Lipinski definition) is 3. The summed E-state index contributed by atoms with van der Waals surface area (Å²) in [6.07, 6.45) is 0. The normalized spacial score (nSPS) is 10.6. The maximum atomic E-state index is 8.74. The molecule has 0 aromatic rings. The summed E-state index contributed by atoms with van der Waals surface area (Å²) in [6, 6.07) is 0. The summed E-state index contributed by atoms with van der Waals surface area (Å²) in [5.41, 5.74) is 0. The SMILES string of the molecule is O=P([O-])([O-])O.O=S(=O)(O)O.[Cu+2]. The molecule has 11 heavy (non-hydrogen) atoms. The molecule has 0 amide bonds. The molecule has 0 fully saturated rings. The van der Waals surface area contributed by atoms with E-state index in [1.807, 2.05) is 0 Å². The zero-order chi connectivity index (χ0) is 9.00. The summed E-state index contributed by atoms with van der Waals surface area (Å²) in [6.45, 7) is 0. The standard InChI is InChI=1S/Cu.H3O4P.H2O4S/c;2*1-5(2,3)4/h;(H3,1,2,3,4);(H2,1,2,3,4)/q+2;;/p-2. The van der Waals surface area contributed by atoms with Crippen molar-refractivity contribution in [1.82, 2.24) is 0 Å². The van der Waals surface area contributed by atoms with Crippen LogP contribution >= 0.6 is 7.82 Å². The second-order valence-electron chi connectivity index (χ2n) is 0.916. The van der Waals surface area contributed by atoms with Gasteiger partial charge in [0.2, 0.25) is 0 Å².